The molecular formula is C16H26N2O3. The second-order valence-corrected chi connectivity index (χ2v) is 6.74. The summed E-state index contributed by atoms with van der Waals surface area (Å²) >= 11 is 0. The molecule has 5 nitrogen and oxygen atoms in total. The Balaban J connectivity index is 2.41. The summed E-state index contributed by atoms with van der Waals surface area (Å²) in [6.45, 7) is 9.93. The van der Waals surface area contributed by atoms with Gasteiger partial charge in [0.1, 0.15) is 0 Å². The van der Waals surface area contributed by atoms with E-state index in [-0.39, 0.29) is 11.2 Å². The summed E-state index contributed by atoms with van der Waals surface area (Å²) in [5.74, 6) is 1.33. The van der Waals surface area contributed by atoms with Crippen LogP contribution in [0.3, 0.4) is 0 Å². The number of anilines is 2. The molecule has 0 atom stereocenters. The third-order valence-corrected chi connectivity index (χ3v) is 3.57. The Morgan fingerprint density at radius 2 is 1.48 bits per heavy atom. The number of hydrogen-bond acceptors (Lipinski definition) is 5. The fraction of sp³-hybridized carbons (Fsp3) is 0.625. The molecular weight excluding hydrogens is 268 g/mol. The predicted molar refractivity (Wildman–Crippen MR) is 85.4 cm³/mol. The normalized spacial score (nSPS) is 20.2. The zero-order valence-corrected chi connectivity index (χ0v) is 13.8. The monoisotopic (exact) mass is 294 g/mol. The molecule has 1 aliphatic heterocycles. The van der Waals surface area contributed by atoms with E-state index in [0.717, 1.165) is 18.8 Å². The number of benzene rings is 1. The minimum atomic E-state index is -0.235. The highest BCUT2D eigenvalue weighted by atomic mass is 16.5. The summed E-state index contributed by atoms with van der Waals surface area (Å²) in [5, 5.41) is 0. The van der Waals surface area contributed by atoms with Crippen molar-refractivity contribution >= 4 is 11.4 Å². The highest BCUT2D eigenvalue weighted by Crippen LogP contribution is 2.40. The van der Waals surface area contributed by atoms with Crippen LogP contribution < -0.4 is 20.1 Å². The minimum Gasteiger partial charge on any atom is -0.493 e. The van der Waals surface area contributed by atoms with Gasteiger partial charge in [-0.1, -0.05) is 0 Å². The lowest BCUT2D eigenvalue weighted by Crippen LogP contribution is -2.57. The smallest absolute Gasteiger partial charge is 0.162 e. The zero-order valence-electron chi connectivity index (χ0n) is 13.8. The highest BCUT2D eigenvalue weighted by molar-refractivity contribution is 5.73. The van der Waals surface area contributed by atoms with E-state index in [1.807, 2.05) is 12.1 Å². The van der Waals surface area contributed by atoms with Gasteiger partial charge in [0, 0.05) is 25.2 Å². The molecule has 1 aromatic rings. The van der Waals surface area contributed by atoms with E-state index in [1.54, 1.807) is 14.2 Å². The Morgan fingerprint density at radius 1 is 1.00 bits per heavy atom. The van der Waals surface area contributed by atoms with Crippen LogP contribution in [0.5, 0.6) is 11.5 Å². The van der Waals surface area contributed by atoms with Crippen molar-refractivity contribution < 1.29 is 14.2 Å². The third kappa shape index (κ3) is 3.35. The molecule has 1 saturated heterocycles. The first-order valence-electron chi connectivity index (χ1n) is 7.14. The van der Waals surface area contributed by atoms with E-state index in [2.05, 4.69) is 32.6 Å². The van der Waals surface area contributed by atoms with Crippen molar-refractivity contribution in [1.82, 2.24) is 0 Å². The maximum atomic E-state index is 6.21. The number of hydrogen-bond donors (Lipinski definition) is 1. The van der Waals surface area contributed by atoms with Crippen LogP contribution in [-0.2, 0) is 4.74 Å². The maximum Gasteiger partial charge on any atom is 0.162 e. The number of ether oxygens (including phenoxy) is 3. The van der Waals surface area contributed by atoms with Crippen LogP contribution in [0.15, 0.2) is 12.1 Å². The molecule has 1 aromatic carbocycles. The van der Waals surface area contributed by atoms with Gasteiger partial charge in [-0.05, 0) is 27.7 Å². The Hall–Kier alpha value is -1.62. The van der Waals surface area contributed by atoms with Crippen molar-refractivity contribution in [3.63, 3.8) is 0 Å². The fourth-order valence-corrected chi connectivity index (χ4v) is 3.12. The van der Waals surface area contributed by atoms with Crippen molar-refractivity contribution in [2.75, 3.05) is 37.9 Å². The summed E-state index contributed by atoms with van der Waals surface area (Å²) in [4.78, 5) is 2.25. The van der Waals surface area contributed by atoms with Gasteiger partial charge >= 0.3 is 0 Å². The molecule has 2 N–H and O–H groups in total. The van der Waals surface area contributed by atoms with Gasteiger partial charge in [-0.2, -0.15) is 0 Å². The van der Waals surface area contributed by atoms with Crippen LogP contribution in [0.4, 0.5) is 11.4 Å². The fourth-order valence-electron chi connectivity index (χ4n) is 3.12. The third-order valence-electron chi connectivity index (χ3n) is 3.57. The molecule has 1 heterocycles. The quantitative estimate of drug-likeness (QED) is 0.869. The van der Waals surface area contributed by atoms with Gasteiger partial charge in [-0.3, -0.25) is 0 Å². The summed E-state index contributed by atoms with van der Waals surface area (Å²) < 4.78 is 16.8. The maximum absolute atomic E-state index is 6.21. The van der Waals surface area contributed by atoms with Crippen molar-refractivity contribution in [3.8, 4) is 11.5 Å². The molecule has 21 heavy (non-hydrogen) atoms. The van der Waals surface area contributed by atoms with Gasteiger partial charge < -0.3 is 24.8 Å². The molecule has 2 rings (SSSR count). The molecule has 0 saturated carbocycles. The van der Waals surface area contributed by atoms with E-state index in [1.165, 1.54) is 0 Å². The first-order valence-corrected chi connectivity index (χ1v) is 7.14. The van der Waals surface area contributed by atoms with E-state index in [4.69, 9.17) is 19.9 Å². The van der Waals surface area contributed by atoms with Gasteiger partial charge in [0.25, 0.3) is 0 Å². The molecule has 0 bridgehead atoms. The van der Waals surface area contributed by atoms with Gasteiger partial charge in [-0.15, -0.1) is 0 Å². The lowest BCUT2D eigenvalue weighted by Gasteiger charge is -2.48. The summed E-state index contributed by atoms with van der Waals surface area (Å²) in [6, 6.07) is 3.75. The average molecular weight is 294 g/mol. The SMILES string of the molecule is COc1cc(N)c(N2CC(C)(C)OC(C)(C)C2)cc1OC. The van der Waals surface area contributed by atoms with Crippen LogP contribution in [0.25, 0.3) is 0 Å². The number of nitrogen functional groups attached to an aromatic ring is 1. The van der Waals surface area contributed by atoms with Crippen molar-refractivity contribution in [3.05, 3.63) is 12.1 Å². The Labute approximate surface area is 127 Å². The molecule has 118 valence electrons. The van der Waals surface area contributed by atoms with Crippen LogP contribution in [-0.4, -0.2) is 38.5 Å². The lowest BCUT2D eigenvalue weighted by atomic mass is 9.98. The summed E-state index contributed by atoms with van der Waals surface area (Å²) in [6.07, 6.45) is 0. The van der Waals surface area contributed by atoms with Crippen molar-refractivity contribution in [2.24, 2.45) is 0 Å². The molecule has 0 amide bonds. The van der Waals surface area contributed by atoms with Gasteiger partial charge in [-0.25, -0.2) is 0 Å². The second kappa shape index (κ2) is 5.30. The lowest BCUT2D eigenvalue weighted by molar-refractivity contribution is -0.133. The number of nitrogens with two attached hydrogens (primary N) is 1. The molecule has 0 unspecified atom stereocenters. The molecule has 1 fully saturated rings. The average Bonchev–Trinajstić information content (AvgIpc) is 2.34. The Morgan fingerprint density at radius 3 is 1.95 bits per heavy atom. The molecule has 0 radical (unpaired) electrons. The van der Waals surface area contributed by atoms with Crippen molar-refractivity contribution in [1.29, 1.82) is 0 Å². The molecule has 1 aliphatic rings. The first kappa shape index (κ1) is 15.8. The Bertz CT molecular complexity index is 510. The van der Waals surface area contributed by atoms with E-state index < -0.39 is 0 Å². The molecule has 0 spiro atoms. The van der Waals surface area contributed by atoms with Crippen LogP contribution >= 0.6 is 0 Å². The number of morpholine rings is 1. The Kier molecular flexibility index (Phi) is 3.97. The molecule has 0 aromatic heterocycles. The number of rotatable bonds is 3. The highest BCUT2D eigenvalue weighted by Gasteiger charge is 2.38. The van der Waals surface area contributed by atoms with E-state index >= 15 is 0 Å². The van der Waals surface area contributed by atoms with Gasteiger partial charge in [0.15, 0.2) is 11.5 Å². The van der Waals surface area contributed by atoms with Crippen LogP contribution in [0.1, 0.15) is 27.7 Å². The minimum absolute atomic E-state index is 0.235. The standard InChI is InChI=1S/C16H26N2O3/c1-15(2)9-18(10-16(3,4)21-15)12-8-14(20-6)13(19-5)7-11(12)17/h7-8H,9-10,17H2,1-6H3. The van der Waals surface area contributed by atoms with Crippen molar-refractivity contribution in [2.45, 2.75) is 38.9 Å². The topological polar surface area (TPSA) is 57.0 Å². The summed E-state index contributed by atoms with van der Waals surface area (Å²) in [7, 11) is 3.24. The van der Waals surface area contributed by atoms with Crippen LogP contribution in [0, 0.1) is 0 Å². The van der Waals surface area contributed by atoms with E-state index in [0.29, 0.717) is 17.2 Å². The molecule has 5 heteroatoms. The van der Waals surface area contributed by atoms with Gasteiger partial charge in [0.2, 0.25) is 0 Å². The second-order valence-electron chi connectivity index (χ2n) is 6.74. The molecule has 0 aliphatic carbocycles. The van der Waals surface area contributed by atoms with Crippen LogP contribution in [0.2, 0.25) is 0 Å². The van der Waals surface area contributed by atoms with E-state index in [9.17, 15) is 0 Å². The summed E-state index contributed by atoms with van der Waals surface area (Å²) in [5.41, 5.74) is 7.38. The van der Waals surface area contributed by atoms with Gasteiger partial charge in [0.05, 0.1) is 36.8 Å². The number of methoxy groups -OCH3 is 2. The first-order chi connectivity index (χ1) is 9.67. The predicted octanol–water partition coefficient (Wildman–Crippen LogP) is 2.68. The number of nitrogens with zero attached hydrogens (tertiary/aromatic N) is 1. The largest absolute Gasteiger partial charge is 0.493 e. The zero-order chi connectivity index (χ0) is 15.8.